The third-order valence-electron chi connectivity index (χ3n) is 3.65. The van der Waals surface area contributed by atoms with Crippen molar-refractivity contribution in [1.29, 1.82) is 0 Å². The largest absolute Gasteiger partial charge is 0.506 e. The molecule has 0 radical (unpaired) electrons. The van der Waals surface area contributed by atoms with Gasteiger partial charge in [-0.3, -0.25) is 0 Å². The minimum Gasteiger partial charge on any atom is -0.506 e. The van der Waals surface area contributed by atoms with Crippen LogP contribution >= 0.6 is 0 Å². The Morgan fingerprint density at radius 2 is 1.86 bits per heavy atom. The SMILES string of the molecule is C=C(C)C(=O)OC(COC)COc1ccc(N=Nc2ccc(C)cc2O)cc1. The molecule has 0 saturated heterocycles. The summed E-state index contributed by atoms with van der Waals surface area (Å²) in [4.78, 5) is 11.6. The van der Waals surface area contributed by atoms with Gasteiger partial charge in [0.1, 0.15) is 23.8 Å². The van der Waals surface area contributed by atoms with Gasteiger partial charge in [0.25, 0.3) is 0 Å². The number of methoxy groups -OCH3 is 1. The molecule has 0 saturated carbocycles. The van der Waals surface area contributed by atoms with Gasteiger partial charge in [-0.1, -0.05) is 12.6 Å². The average molecular weight is 384 g/mol. The molecule has 148 valence electrons. The first-order valence-corrected chi connectivity index (χ1v) is 8.68. The molecule has 1 N–H and O–H groups in total. The molecule has 0 heterocycles. The van der Waals surface area contributed by atoms with E-state index >= 15 is 0 Å². The number of hydrogen-bond acceptors (Lipinski definition) is 7. The number of nitrogens with zero attached hydrogens (tertiary/aromatic N) is 2. The predicted octanol–water partition coefficient (Wildman–Crippen LogP) is 4.63. The molecule has 2 rings (SSSR count). The Morgan fingerprint density at radius 1 is 1.14 bits per heavy atom. The van der Waals surface area contributed by atoms with Gasteiger partial charge in [0, 0.05) is 12.7 Å². The van der Waals surface area contributed by atoms with Crippen LogP contribution in [0, 0.1) is 6.92 Å². The van der Waals surface area contributed by atoms with Gasteiger partial charge in [-0.15, -0.1) is 5.11 Å². The van der Waals surface area contributed by atoms with Crippen molar-refractivity contribution in [2.75, 3.05) is 20.3 Å². The topological polar surface area (TPSA) is 89.7 Å². The summed E-state index contributed by atoms with van der Waals surface area (Å²) in [6, 6.07) is 12.1. The number of benzene rings is 2. The van der Waals surface area contributed by atoms with Crippen LogP contribution in [-0.2, 0) is 14.3 Å². The molecule has 2 aromatic rings. The standard InChI is InChI=1S/C21H24N2O5/c1-14(2)21(25)28-18(12-26-4)13-27-17-8-6-16(7-9-17)22-23-19-10-5-15(3)11-20(19)24/h5-11,18,24H,1,12-13H2,2-4H3. The molecule has 7 nitrogen and oxygen atoms in total. The van der Waals surface area contributed by atoms with E-state index in [0.717, 1.165) is 5.56 Å². The highest BCUT2D eigenvalue weighted by Crippen LogP contribution is 2.29. The van der Waals surface area contributed by atoms with E-state index in [-0.39, 0.29) is 19.0 Å². The van der Waals surface area contributed by atoms with Gasteiger partial charge in [-0.2, -0.15) is 5.11 Å². The zero-order valence-electron chi connectivity index (χ0n) is 16.2. The summed E-state index contributed by atoms with van der Waals surface area (Å²) >= 11 is 0. The minimum absolute atomic E-state index is 0.0807. The number of carbonyl (C=O) groups is 1. The van der Waals surface area contributed by atoms with Crippen LogP contribution in [0.1, 0.15) is 12.5 Å². The first-order chi connectivity index (χ1) is 13.4. The first kappa shape index (κ1) is 21.1. The van der Waals surface area contributed by atoms with Crippen LogP contribution in [0.3, 0.4) is 0 Å². The summed E-state index contributed by atoms with van der Waals surface area (Å²) in [6.45, 7) is 7.38. The molecule has 0 bridgehead atoms. The number of carbonyl (C=O) groups excluding carboxylic acids is 1. The van der Waals surface area contributed by atoms with Gasteiger partial charge in [-0.25, -0.2) is 4.79 Å². The Kier molecular flexibility index (Phi) is 7.71. The van der Waals surface area contributed by atoms with Crippen molar-refractivity contribution < 1.29 is 24.1 Å². The number of esters is 1. The van der Waals surface area contributed by atoms with E-state index in [9.17, 15) is 9.90 Å². The zero-order chi connectivity index (χ0) is 20.5. The maximum Gasteiger partial charge on any atom is 0.333 e. The second-order valence-electron chi connectivity index (χ2n) is 6.26. The Morgan fingerprint density at radius 3 is 2.46 bits per heavy atom. The van der Waals surface area contributed by atoms with Crippen molar-refractivity contribution in [2.45, 2.75) is 20.0 Å². The Bertz CT molecular complexity index is 846. The maximum atomic E-state index is 11.6. The van der Waals surface area contributed by atoms with Crippen molar-refractivity contribution >= 4 is 17.3 Å². The predicted molar refractivity (Wildman–Crippen MR) is 106 cm³/mol. The monoisotopic (exact) mass is 384 g/mol. The van der Waals surface area contributed by atoms with Crippen molar-refractivity contribution in [3.63, 3.8) is 0 Å². The van der Waals surface area contributed by atoms with Crippen LogP contribution in [0.4, 0.5) is 11.4 Å². The summed E-state index contributed by atoms with van der Waals surface area (Å²) in [7, 11) is 1.52. The highest BCUT2D eigenvalue weighted by atomic mass is 16.6. The Balaban J connectivity index is 1.94. The number of hydrogen-bond donors (Lipinski definition) is 1. The number of azo groups is 1. The first-order valence-electron chi connectivity index (χ1n) is 8.68. The lowest BCUT2D eigenvalue weighted by atomic mass is 10.2. The summed E-state index contributed by atoms with van der Waals surface area (Å²) < 4.78 is 16.0. The van der Waals surface area contributed by atoms with Crippen LogP contribution in [0.15, 0.2) is 64.8 Å². The molecular weight excluding hydrogens is 360 g/mol. The van der Waals surface area contributed by atoms with Crippen molar-refractivity contribution in [2.24, 2.45) is 10.2 Å². The van der Waals surface area contributed by atoms with Crippen LogP contribution < -0.4 is 4.74 Å². The van der Waals surface area contributed by atoms with Gasteiger partial charge < -0.3 is 19.3 Å². The van der Waals surface area contributed by atoms with Crippen molar-refractivity contribution in [3.8, 4) is 11.5 Å². The second kappa shape index (κ2) is 10.2. The molecular formula is C21H24N2O5. The number of phenolic OH excluding ortho intramolecular Hbond substituents is 1. The molecule has 7 heteroatoms. The molecule has 0 aliphatic rings. The zero-order valence-corrected chi connectivity index (χ0v) is 16.2. The average Bonchev–Trinajstić information content (AvgIpc) is 2.66. The minimum atomic E-state index is -0.543. The van der Waals surface area contributed by atoms with Crippen LogP contribution in [-0.4, -0.2) is 37.5 Å². The summed E-state index contributed by atoms with van der Waals surface area (Å²) in [5.41, 5.74) is 2.26. The van der Waals surface area contributed by atoms with Gasteiger partial charge in [0.05, 0.1) is 12.3 Å². The van der Waals surface area contributed by atoms with Crippen molar-refractivity contribution in [1.82, 2.24) is 0 Å². The summed E-state index contributed by atoms with van der Waals surface area (Å²) in [6.07, 6.45) is -0.543. The fraction of sp³-hybridized carbons (Fsp3) is 0.286. The number of rotatable bonds is 9. The second-order valence-corrected chi connectivity index (χ2v) is 6.26. The molecule has 0 aromatic heterocycles. The van der Waals surface area contributed by atoms with Gasteiger partial charge >= 0.3 is 5.97 Å². The van der Waals surface area contributed by atoms with Crippen molar-refractivity contribution in [3.05, 3.63) is 60.2 Å². The Labute approximate surface area is 164 Å². The van der Waals surface area contributed by atoms with E-state index in [4.69, 9.17) is 14.2 Å². The molecule has 1 atom stereocenters. The van der Waals surface area contributed by atoms with Crippen LogP contribution in [0.5, 0.6) is 11.5 Å². The third-order valence-corrected chi connectivity index (χ3v) is 3.65. The van der Waals surface area contributed by atoms with E-state index in [1.807, 2.05) is 13.0 Å². The lowest BCUT2D eigenvalue weighted by Crippen LogP contribution is -2.29. The normalized spacial score (nSPS) is 12.0. The van der Waals surface area contributed by atoms with Crippen LogP contribution in [0.25, 0.3) is 0 Å². The Hall–Kier alpha value is -3.19. The quantitative estimate of drug-likeness (QED) is 0.387. The molecule has 0 aliphatic carbocycles. The van der Waals surface area contributed by atoms with E-state index in [1.165, 1.54) is 7.11 Å². The van der Waals surface area contributed by atoms with Crippen LogP contribution in [0.2, 0.25) is 0 Å². The number of aromatic hydroxyl groups is 1. The molecule has 0 spiro atoms. The number of aryl methyl sites for hydroxylation is 1. The molecule has 0 amide bonds. The number of ether oxygens (including phenoxy) is 3. The third kappa shape index (κ3) is 6.51. The lowest BCUT2D eigenvalue weighted by molar-refractivity contribution is -0.148. The summed E-state index contributed by atoms with van der Waals surface area (Å²) in [5.74, 6) is 0.183. The van der Waals surface area contributed by atoms with Gasteiger partial charge in [-0.05, 0) is 55.8 Å². The summed E-state index contributed by atoms with van der Waals surface area (Å²) in [5, 5.41) is 18.0. The molecule has 0 aliphatic heterocycles. The van der Waals surface area contributed by atoms with E-state index < -0.39 is 12.1 Å². The highest BCUT2D eigenvalue weighted by molar-refractivity contribution is 5.87. The smallest absolute Gasteiger partial charge is 0.333 e. The molecule has 0 fully saturated rings. The molecule has 1 unspecified atom stereocenters. The van der Waals surface area contributed by atoms with E-state index in [2.05, 4.69) is 16.8 Å². The van der Waals surface area contributed by atoms with Gasteiger partial charge in [0.15, 0.2) is 6.10 Å². The maximum absolute atomic E-state index is 11.6. The van der Waals surface area contributed by atoms with Gasteiger partial charge in [0.2, 0.25) is 0 Å². The molecule has 28 heavy (non-hydrogen) atoms. The fourth-order valence-corrected chi connectivity index (χ4v) is 2.18. The highest BCUT2D eigenvalue weighted by Gasteiger charge is 2.16. The van der Waals surface area contributed by atoms with E-state index in [1.54, 1.807) is 43.3 Å². The molecule has 2 aromatic carbocycles. The lowest BCUT2D eigenvalue weighted by Gasteiger charge is -2.17. The number of phenols is 1. The fourth-order valence-electron chi connectivity index (χ4n) is 2.18. The van der Waals surface area contributed by atoms with E-state index in [0.29, 0.717) is 22.7 Å².